The minimum Gasteiger partial charge on any atom is -0.465 e. The molecule has 7 nitrogen and oxygen atoms in total. The van der Waals surface area contributed by atoms with Crippen molar-refractivity contribution in [3.05, 3.63) is 41.4 Å². The lowest BCUT2D eigenvalue weighted by Crippen LogP contribution is -2.43. The number of piperidine rings is 1. The zero-order valence-electron chi connectivity index (χ0n) is 13.7. The first-order valence-electron chi connectivity index (χ1n) is 8.01. The molecule has 136 valence electrons. The first-order chi connectivity index (χ1) is 12.4. The number of hydrogen-bond acceptors (Lipinski definition) is 4. The zero-order valence-corrected chi connectivity index (χ0v) is 14.4. The number of nitrogens with zero attached hydrogens (tertiary/aromatic N) is 3. The maximum atomic E-state index is 13.3. The Morgan fingerprint density at radius 1 is 1.38 bits per heavy atom. The van der Waals surface area contributed by atoms with E-state index in [0.717, 1.165) is 0 Å². The molecule has 1 atom stereocenters. The molecule has 0 aliphatic carbocycles. The molecule has 2 N–H and O–H groups in total. The fourth-order valence-corrected chi connectivity index (χ4v) is 3.05. The molecule has 1 aliphatic heterocycles. The van der Waals surface area contributed by atoms with Crippen LogP contribution < -0.4 is 5.32 Å². The van der Waals surface area contributed by atoms with Crippen LogP contribution in [0, 0.1) is 11.9 Å². The summed E-state index contributed by atoms with van der Waals surface area (Å²) >= 11 is 6.11. The molecule has 0 aromatic carbocycles. The average molecular weight is 379 g/mol. The Bertz CT molecular complexity index is 849. The molecular weight excluding hydrogens is 363 g/mol. The summed E-state index contributed by atoms with van der Waals surface area (Å²) < 4.78 is 13.3. The molecule has 9 heteroatoms. The zero-order chi connectivity index (χ0) is 18.7. The van der Waals surface area contributed by atoms with Gasteiger partial charge in [-0.15, -0.1) is 0 Å². The van der Waals surface area contributed by atoms with Crippen molar-refractivity contribution < 1.29 is 19.1 Å². The van der Waals surface area contributed by atoms with E-state index in [-0.39, 0.29) is 23.3 Å². The molecule has 0 spiro atoms. The van der Waals surface area contributed by atoms with Crippen molar-refractivity contribution in [2.75, 3.05) is 18.4 Å². The third-order valence-electron chi connectivity index (χ3n) is 4.16. The van der Waals surface area contributed by atoms with Gasteiger partial charge in [-0.2, -0.15) is 4.39 Å². The normalized spacial score (nSPS) is 17.0. The van der Waals surface area contributed by atoms with Crippen LogP contribution in [-0.2, 0) is 4.79 Å². The lowest BCUT2D eigenvalue weighted by Gasteiger charge is -2.29. The van der Waals surface area contributed by atoms with Gasteiger partial charge in [0, 0.05) is 24.8 Å². The number of aromatic nitrogens is 2. The second-order valence-electron chi connectivity index (χ2n) is 5.95. The summed E-state index contributed by atoms with van der Waals surface area (Å²) in [5.74, 6) is -1.16. The fourth-order valence-electron chi connectivity index (χ4n) is 2.85. The highest BCUT2D eigenvalue weighted by molar-refractivity contribution is 6.33. The largest absolute Gasteiger partial charge is 0.465 e. The average Bonchev–Trinajstić information content (AvgIpc) is 2.63. The van der Waals surface area contributed by atoms with E-state index in [1.165, 1.54) is 29.3 Å². The van der Waals surface area contributed by atoms with Crippen LogP contribution in [0.1, 0.15) is 12.8 Å². The Kier molecular flexibility index (Phi) is 5.32. The van der Waals surface area contributed by atoms with E-state index in [2.05, 4.69) is 15.3 Å². The van der Waals surface area contributed by atoms with Crippen molar-refractivity contribution in [1.29, 1.82) is 0 Å². The Morgan fingerprint density at radius 3 is 2.92 bits per heavy atom. The Morgan fingerprint density at radius 2 is 2.19 bits per heavy atom. The van der Waals surface area contributed by atoms with Gasteiger partial charge in [0.25, 0.3) is 0 Å². The highest BCUT2D eigenvalue weighted by Gasteiger charge is 2.28. The SMILES string of the molecule is O=C(Nc1cc(-c2cccc(F)n2)c(Cl)cn1)[C@@H]1CCCN(C(=O)O)C1. The molecule has 0 unspecified atom stereocenters. The van der Waals surface area contributed by atoms with E-state index < -0.39 is 18.0 Å². The van der Waals surface area contributed by atoms with Crippen LogP contribution in [0.2, 0.25) is 5.02 Å². The van der Waals surface area contributed by atoms with Gasteiger partial charge >= 0.3 is 6.09 Å². The van der Waals surface area contributed by atoms with Crippen molar-refractivity contribution in [1.82, 2.24) is 14.9 Å². The number of carbonyl (C=O) groups is 2. The predicted molar refractivity (Wildman–Crippen MR) is 93.4 cm³/mol. The Hall–Kier alpha value is -2.74. The van der Waals surface area contributed by atoms with Gasteiger partial charge in [0.05, 0.1) is 16.6 Å². The molecule has 0 saturated carbocycles. The van der Waals surface area contributed by atoms with Crippen molar-refractivity contribution >= 4 is 29.4 Å². The van der Waals surface area contributed by atoms with Gasteiger partial charge in [-0.1, -0.05) is 17.7 Å². The summed E-state index contributed by atoms with van der Waals surface area (Å²) in [5.41, 5.74) is 0.759. The van der Waals surface area contributed by atoms with Gasteiger partial charge in [0.15, 0.2) is 0 Å². The molecule has 2 amide bonds. The van der Waals surface area contributed by atoms with E-state index in [4.69, 9.17) is 16.7 Å². The van der Waals surface area contributed by atoms with Crippen LogP contribution in [0.5, 0.6) is 0 Å². The van der Waals surface area contributed by atoms with Gasteiger partial charge < -0.3 is 15.3 Å². The number of hydrogen-bond donors (Lipinski definition) is 2. The molecule has 2 aromatic rings. The highest BCUT2D eigenvalue weighted by atomic mass is 35.5. The number of pyridine rings is 2. The third-order valence-corrected chi connectivity index (χ3v) is 4.46. The van der Waals surface area contributed by atoms with Crippen molar-refractivity contribution in [2.24, 2.45) is 5.92 Å². The summed E-state index contributed by atoms with van der Waals surface area (Å²) in [4.78, 5) is 32.6. The van der Waals surface area contributed by atoms with Crippen LogP contribution in [0.25, 0.3) is 11.3 Å². The standard InChI is InChI=1S/C17H16ClFN4O3/c18-12-8-20-15(7-11(12)13-4-1-5-14(19)21-13)22-16(24)10-3-2-6-23(9-10)17(25)26/h1,4-5,7-8,10H,2-3,6,9H2,(H,25,26)(H,20,22,24)/t10-/m1/s1. The monoisotopic (exact) mass is 378 g/mol. The lowest BCUT2D eigenvalue weighted by atomic mass is 9.97. The molecule has 1 saturated heterocycles. The molecule has 1 aliphatic rings. The number of anilines is 1. The summed E-state index contributed by atoms with van der Waals surface area (Å²) in [7, 11) is 0. The molecule has 2 aromatic heterocycles. The molecule has 0 radical (unpaired) electrons. The van der Waals surface area contributed by atoms with E-state index in [1.807, 2.05) is 0 Å². The molecule has 3 heterocycles. The maximum absolute atomic E-state index is 13.3. The summed E-state index contributed by atoms with van der Waals surface area (Å²) in [6, 6.07) is 5.84. The molecule has 0 bridgehead atoms. The first kappa shape index (κ1) is 18.1. The van der Waals surface area contributed by atoms with Gasteiger partial charge in [-0.05, 0) is 31.0 Å². The van der Waals surface area contributed by atoms with Crippen molar-refractivity contribution in [3.8, 4) is 11.3 Å². The Labute approximate surface area is 153 Å². The second kappa shape index (κ2) is 7.65. The first-order valence-corrected chi connectivity index (χ1v) is 8.39. The molecule has 3 rings (SSSR count). The summed E-state index contributed by atoms with van der Waals surface area (Å²) in [6.45, 7) is 0.570. The van der Waals surface area contributed by atoms with Crippen LogP contribution in [0.4, 0.5) is 15.0 Å². The summed E-state index contributed by atoms with van der Waals surface area (Å²) in [6.07, 6.45) is 1.54. The number of carboxylic acid groups (broad SMARTS) is 1. The van der Waals surface area contributed by atoms with Crippen LogP contribution >= 0.6 is 11.6 Å². The molecule has 26 heavy (non-hydrogen) atoms. The summed E-state index contributed by atoms with van der Waals surface area (Å²) in [5, 5.41) is 12.0. The van der Waals surface area contributed by atoms with Gasteiger partial charge in [0.1, 0.15) is 5.82 Å². The van der Waals surface area contributed by atoms with E-state index >= 15 is 0 Å². The van der Waals surface area contributed by atoms with E-state index in [9.17, 15) is 14.0 Å². The van der Waals surface area contributed by atoms with Crippen LogP contribution in [-0.4, -0.2) is 45.1 Å². The van der Waals surface area contributed by atoms with Gasteiger partial charge in [0.2, 0.25) is 11.9 Å². The number of rotatable bonds is 3. The number of carbonyl (C=O) groups excluding carboxylic acids is 1. The Balaban J connectivity index is 1.77. The fraction of sp³-hybridized carbons (Fsp3) is 0.294. The topological polar surface area (TPSA) is 95.4 Å². The molecule has 1 fully saturated rings. The lowest BCUT2D eigenvalue weighted by molar-refractivity contribution is -0.121. The quantitative estimate of drug-likeness (QED) is 0.799. The maximum Gasteiger partial charge on any atom is 0.407 e. The third kappa shape index (κ3) is 4.08. The van der Waals surface area contributed by atoms with Gasteiger partial charge in [-0.25, -0.2) is 14.8 Å². The minimum atomic E-state index is -1.04. The van der Waals surface area contributed by atoms with Crippen molar-refractivity contribution in [3.63, 3.8) is 0 Å². The minimum absolute atomic E-state index is 0.146. The number of amides is 2. The number of nitrogens with one attached hydrogen (secondary N) is 1. The van der Waals surface area contributed by atoms with E-state index in [1.54, 1.807) is 6.07 Å². The van der Waals surface area contributed by atoms with Crippen LogP contribution in [0.3, 0.4) is 0 Å². The van der Waals surface area contributed by atoms with E-state index in [0.29, 0.717) is 30.6 Å². The van der Waals surface area contributed by atoms with Crippen molar-refractivity contribution in [2.45, 2.75) is 12.8 Å². The highest BCUT2D eigenvalue weighted by Crippen LogP contribution is 2.28. The number of halogens is 2. The second-order valence-corrected chi connectivity index (χ2v) is 6.36. The number of likely N-dealkylation sites (tertiary alicyclic amines) is 1. The molecular formula is C17H16ClFN4O3. The van der Waals surface area contributed by atoms with Gasteiger partial charge in [-0.3, -0.25) is 4.79 Å². The predicted octanol–water partition coefficient (Wildman–Crippen LogP) is 3.26. The van der Waals surface area contributed by atoms with Crippen LogP contribution in [0.15, 0.2) is 30.5 Å². The smallest absolute Gasteiger partial charge is 0.407 e.